The molecule has 0 radical (unpaired) electrons. The van der Waals surface area contributed by atoms with Gasteiger partial charge < -0.3 is 9.47 Å². The highest BCUT2D eigenvalue weighted by molar-refractivity contribution is 5.65. The van der Waals surface area contributed by atoms with Crippen LogP contribution in [0.4, 0.5) is 8.78 Å². The van der Waals surface area contributed by atoms with Gasteiger partial charge in [0.25, 0.3) is 0 Å². The van der Waals surface area contributed by atoms with Crippen molar-refractivity contribution >= 4 is 0 Å². The van der Waals surface area contributed by atoms with Crippen LogP contribution in [-0.4, -0.2) is 13.2 Å². The zero-order valence-electron chi connectivity index (χ0n) is 22.5. The molecule has 0 amide bonds. The lowest BCUT2D eigenvalue weighted by Crippen LogP contribution is -2.27. The first-order valence-corrected chi connectivity index (χ1v) is 14.4. The summed E-state index contributed by atoms with van der Waals surface area (Å²) in [5.74, 6) is -1.00. The lowest BCUT2D eigenvalue weighted by Gasteiger charge is -2.29. The van der Waals surface area contributed by atoms with Gasteiger partial charge in [0, 0.05) is 17.0 Å². The van der Waals surface area contributed by atoms with Gasteiger partial charge in [-0.1, -0.05) is 121 Å². The predicted octanol–water partition coefficient (Wildman–Crippen LogP) is 9.95. The number of hydrogen-bond acceptors (Lipinski definition) is 2. The van der Waals surface area contributed by atoms with Crippen LogP contribution in [0.2, 0.25) is 0 Å². The summed E-state index contributed by atoms with van der Waals surface area (Å²) in [4.78, 5) is 0. The summed E-state index contributed by atoms with van der Waals surface area (Å²) in [6, 6.07) is 10.9. The van der Waals surface area contributed by atoms with Gasteiger partial charge in [-0.15, -0.1) is 0 Å². The van der Waals surface area contributed by atoms with E-state index in [4.69, 9.17) is 9.47 Å². The smallest absolute Gasteiger partial charge is 0.183 e. The Balaban J connectivity index is 1.47. The van der Waals surface area contributed by atoms with Gasteiger partial charge in [-0.25, -0.2) is 8.78 Å². The summed E-state index contributed by atoms with van der Waals surface area (Å²) < 4.78 is 41.6. The molecule has 0 aromatic heterocycles. The first-order chi connectivity index (χ1) is 17.6. The van der Waals surface area contributed by atoms with Crippen LogP contribution in [-0.2, 0) is 15.9 Å². The fraction of sp³-hybridized carbons (Fsp3) is 0.625. The number of aryl methyl sites for hydroxylation is 1. The molecule has 1 aliphatic rings. The van der Waals surface area contributed by atoms with E-state index in [1.807, 2.05) is 24.3 Å². The monoisotopic (exact) mass is 500 g/mol. The fourth-order valence-corrected chi connectivity index (χ4v) is 5.04. The van der Waals surface area contributed by atoms with Crippen molar-refractivity contribution in [3.8, 4) is 11.1 Å². The van der Waals surface area contributed by atoms with Crippen molar-refractivity contribution in [2.24, 2.45) is 5.92 Å². The molecule has 0 bridgehead atoms. The second kappa shape index (κ2) is 16.1. The number of ether oxygens (including phenoxy) is 2. The summed E-state index contributed by atoms with van der Waals surface area (Å²) >= 11 is 0. The molecule has 200 valence electrons. The van der Waals surface area contributed by atoms with E-state index in [1.54, 1.807) is 12.1 Å². The Morgan fingerprint density at radius 2 is 1.25 bits per heavy atom. The third kappa shape index (κ3) is 8.95. The average Bonchev–Trinajstić information content (AvgIpc) is 2.91. The van der Waals surface area contributed by atoms with E-state index in [-0.39, 0.29) is 6.29 Å². The van der Waals surface area contributed by atoms with Gasteiger partial charge in [-0.2, -0.15) is 0 Å². The molecule has 4 heteroatoms. The predicted molar refractivity (Wildman–Crippen MR) is 145 cm³/mol. The molecule has 1 fully saturated rings. The van der Waals surface area contributed by atoms with Crippen molar-refractivity contribution in [1.29, 1.82) is 0 Å². The minimum Gasteiger partial charge on any atom is -0.348 e. The zero-order chi connectivity index (χ0) is 25.6. The van der Waals surface area contributed by atoms with Gasteiger partial charge in [-0.05, 0) is 30.4 Å². The SMILES string of the molecule is CCCCCCCCCc1ccc(-c2ccc(C3OCC(CCCCCCC)CO3)cc2)c(F)c1F. The first kappa shape index (κ1) is 28.8. The van der Waals surface area contributed by atoms with Crippen LogP contribution in [0, 0.1) is 17.6 Å². The zero-order valence-corrected chi connectivity index (χ0v) is 22.5. The topological polar surface area (TPSA) is 18.5 Å². The van der Waals surface area contributed by atoms with Crippen molar-refractivity contribution in [2.75, 3.05) is 13.2 Å². The molecule has 2 aromatic rings. The first-order valence-electron chi connectivity index (χ1n) is 14.4. The van der Waals surface area contributed by atoms with Crippen LogP contribution in [0.1, 0.15) is 115 Å². The van der Waals surface area contributed by atoms with Gasteiger partial charge in [0.2, 0.25) is 0 Å². The molecule has 1 aliphatic heterocycles. The van der Waals surface area contributed by atoms with Gasteiger partial charge >= 0.3 is 0 Å². The quantitative estimate of drug-likeness (QED) is 0.213. The molecule has 1 saturated heterocycles. The third-order valence-corrected chi connectivity index (χ3v) is 7.39. The Hall–Kier alpha value is -1.78. The molecular formula is C32H46F2O2. The standard InChI is InChI=1S/C32H46F2O2/c1-3-5-7-9-10-12-14-16-27-21-22-29(31(34)30(27)33)26-17-19-28(20-18-26)32-35-23-25(24-36-32)15-13-11-8-6-4-2/h17-22,25,32H,3-16,23-24H2,1-2H3. The summed E-state index contributed by atoms with van der Waals surface area (Å²) in [5.41, 5.74) is 2.36. The highest BCUT2D eigenvalue weighted by Crippen LogP contribution is 2.31. The maximum Gasteiger partial charge on any atom is 0.183 e. The largest absolute Gasteiger partial charge is 0.348 e. The van der Waals surface area contributed by atoms with E-state index in [1.165, 1.54) is 64.2 Å². The van der Waals surface area contributed by atoms with Gasteiger partial charge in [-0.3, -0.25) is 0 Å². The lowest BCUT2D eigenvalue weighted by atomic mass is 9.98. The molecule has 0 aliphatic carbocycles. The maximum absolute atomic E-state index is 14.9. The Labute approximate surface area is 217 Å². The minimum absolute atomic E-state index is 0.302. The van der Waals surface area contributed by atoms with Crippen LogP contribution in [0.5, 0.6) is 0 Å². The molecule has 2 aromatic carbocycles. The molecular weight excluding hydrogens is 454 g/mol. The number of hydrogen-bond donors (Lipinski definition) is 0. The number of halogens is 2. The van der Waals surface area contributed by atoms with Crippen molar-refractivity contribution < 1.29 is 18.3 Å². The third-order valence-electron chi connectivity index (χ3n) is 7.39. The van der Waals surface area contributed by atoms with Gasteiger partial charge in [0.05, 0.1) is 13.2 Å². The summed E-state index contributed by atoms with van der Waals surface area (Å²) in [6.07, 6.45) is 15.9. The average molecular weight is 501 g/mol. The van der Waals surface area contributed by atoms with Crippen molar-refractivity contribution in [3.05, 3.63) is 59.2 Å². The van der Waals surface area contributed by atoms with Crippen LogP contribution >= 0.6 is 0 Å². The van der Waals surface area contributed by atoms with E-state index < -0.39 is 11.6 Å². The van der Waals surface area contributed by atoms with Crippen LogP contribution in [0.15, 0.2) is 36.4 Å². The van der Waals surface area contributed by atoms with Gasteiger partial charge in [0.15, 0.2) is 17.9 Å². The van der Waals surface area contributed by atoms with Gasteiger partial charge in [0.1, 0.15) is 0 Å². The summed E-state index contributed by atoms with van der Waals surface area (Å²) in [6.45, 7) is 5.86. The Morgan fingerprint density at radius 1 is 0.667 bits per heavy atom. The number of rotatable bonds is 16. The Morgan fingerprint density at radius 3 is 1.89 bits per heavy atom. The second-order valence-electron chi connectivity index (χ2n) is 10.5. The molecule has 0 unspecified atom stereocenters. The number of unbranched alkanes of at least 4 members (excludes halogenated alkanes) is 10. The van der Waals surface area contributed by atoms with Crippen LogP contribution in [0.3, 0.4) is 0 Å². The molecule has 36 heavy (non-hydrogen) atoms. The lowest BCUT2D eigenvalue weighted by molar-refractivity contribution is -0.206. The molecule has 3 rings (SSSR count). The van der Waals surface area contributed by atoms with Crippen molar-refractivity contribution in [2.45, 2.75) is 110 Å². The normalized spacial score (nSPS) is 18.0. The van der Waals surface area contributed by atoms with Crippen LogP contribution in [0.25, 0.3) is 11.1 Å². The molecule has 1 heterocycles. The fourth-order valence-electron chi connectivity index (χ4n) is 5.04. The van der Waals surface area contributed by atoms with Crippen molar-refractivity contribution in [1.82, 2.24) is 0 Å². The molecule has 0 saturated carbocycles. The van der Waals surface area contributed by atoms with Crippen LogP contribution < -0.4 is 0 Å². The van der Waals surface area contributed by atoms with E-state index in [0.717, 1.165) is 24.8 Å². The highest BCUT2D eigenvalue weighted by atomic mass is 19.2. The molecule has 2 nitrogen and oxygen atoms in total. The highest BCUT2D eigenvalue weighted by Gasteiger charge is 2.23. The molecule has 0 N–H and O–H groups in total. The van der Waals surface area contributed by atoms with E-state index in [9.17, 15) is 8.78 Å². The minimum atomic E-state index is -0.754. The van der Waals surface area contributed by atoms with E-state index in [2.05, 4.69) is 13.8 Å². The van der Waals surface area contributed by atoms with Crippen molar-refractivity contribution in [3.63, 3.8) is 0 Å². The maximum atomic E-state index is 14.9. The molecule has 0 spiro atoms. The second-order valence-corrected chi connectivity index (χ2v) is 10.5. The van der Waals surface area contributed by atoms with E-state index in [0.29, 0.717) is 42.2 Å². The Kier molecular flexibility index (Phi) is 12.9. The number of benzene rings is 2. The Bertz CT molecular complexity index is 872. The van der Waals surface area contributed by atoms with E-state index >= 15 is 0 Å². The molecule has 0 atom stereocenters. The summed E-state index contributed by atoms with van der Waals surface area (Å²) in [5, 5.41) is 0. The summed E-state index contributed by atoms with van der Waals surface area (Å²) in [7, 11) is 0.